The van der Waals surface area contributed by atoms with E-state index in [0.717, 1.165) is 16.5 Å². The molecule has 1 amide bonds. The molecule has 1 N–H and O–H groups in total. The number of pyridine rings is 1. The molecule has 4 aromatic rings. The molecule has 2 heterocycles. The standard InChI is InChI=1S/C23H19ClN2O3/c1-15-8-9-21-16(11-15)12-17(22(27)25-21)13-26(14-18-5-4-10-29-18)23(28)19-6-2-3-7-20(19)24/h2-12H,13-14H2,1H3,(H,25,27). The lowest BCUT2D eigenvalue weighted by Crippen LogP contribution is -2.32. The van der Waals surface area contributed by atoms with E-state index in [1.807, 2.05) is 31.2 Å². The molecule has 146 valence electrons. The summed E-state index contributed by atoms with van der Waals surface area (Å²) in [6, 6.07) is 18.1. The number of benzene rings is 2. The molecule has 0 saturated heterocycles. The van der Waals surface area contributed by atoms with Gasteiger partial charge in [-0.3, -0.25) is 9.59 Å². The number of carbonyl (C=O) groups excluding carboxylic acids is 1. The third-order valence-electron chi connectivity index (χ3n) is 4.76. The predicted octanol–water partition coefficient (Wildman–Crippen LogP) is 4.93. The molecular weight excluding hydrogens is 388 g/mol. The Morgan fingerprint density at radius 3 is 2.66 bits per heavy atom. The van der Waals surface area contributed by atoms with Gasteiger partial charge in [0, 0.05) is 11.1 Å². The molecule has 29 heavy (non-hydrogen) atoms. The van der Waals surface area contributed by atoms with Crippen LogP contribution >= 0.6 is 11.6 Å². The van der Waals surface area contributed by atoms with E-state index in [9.17, 15) is 9.59 Å². The van der Waals surface area contributed by atoms with Crippen molar-refractivity contribution in [3.05, 3.63) is 105 Å². The highest BCUT2D eigenvalue weighted by Gasteiger charge is 2.21. The number of nitrogens with zero attached hydrogens (tertiary/aromatic N) is 1. The first kappa shape index (κ1) is 19.0. The van der Waals surface area contributed by atoms with Crippen LogP contribution in [0.4, 0.5) is 0 Å². The Labute approximate surface area is 172 Å². The van der Waals surface area contributed by atoms with Crippen molar-refractivity contribution in [1.82, 2.24) is 9.88 Å². The van der Waals surface area contributed by atoms with Gasteiger partial charge in [0.05, 0.1) is 29.9 Å². The van der Waals surface area contributed by atoms with Crippen LogP contribution in [0.3, 0.4) is 0 Å². The summed E-state index contributed by atoms with van der Waals surface area (Å²) in [6.07, 6.45) is 1.55. The number of hydrogen-bond acceptors (Lipinski definition) is 3. The average Bonchev–Trinajstić information content (AvgIpc) is 3.21. The number of aryl methyl sites for hydroxylation is 1. The number of amides is 1. The molecular formula is C23H19ClN2O3. The molecule has 0 fully saturated rings. The van der Waals surface area contributed by atoms with Crippen molar-refractivity contribution in [2.45, 2.75) is 20.0 Å². The summed E-state index contributed by atoms with van der Waals surface area (Å²) in [7, 11) is 0. The topological polar surface area (TPSA) is 66.3 Å². The number of aromatic amines is 1. The third-order valence-corrected chi connectivity index (χ3v) is 5.09. The Morgan fingerprint density at radius 1 is 1.07 bits per heavy atom. The number of fused-ring (bicyclic) bond motifs is 1. The Morgan fingerprint density at radius 2 is 1.90 bits per heavy atom. The molecule has 0 aliphatic heterocycles. The van der Waals surface area contributed by atoms with Crippen LogP contribution in [0.1, 0.15) is 27.2 Å². The van der Waals surface area contributed by atoms with E-state index >= 15 is 0 Å². The second kappa shape index (κ2) is 7.97. The van der Waals surface area contributed by atoms with Gasteiger partial charge in [-0.25, -0.2) is 0 Å². The van der Waals surface area contributed by atoms with E-state index in [1.54, 1.807) is 47.6 Å². The van der Waals surface area contributed by atoms with Crippen molar-refractivity contribution in [1.29, 1.82) is 0 Å². The molecule has 0 aliphatic rings. The second-order valence-electron chi connectivity index (χ2n) is 6.93. The van der Waals surface area contributed by atoms with E-state index in [4.69, 9.17) is 16.0 Å². The maximum Gasteiger partial charge on any atom is 0.256 e. The highest BCUT2D eigenvalue weighted by Crippen LogP contribution is 2.21. The summed E-state index contributed by atoms with van der Waals surface area (Å²) in [5.74, 6) is 0.356. The average molecular weight is 407 g/mol. The zero-order valence-corrected chi connectivity index (χ0v) is 16.6. The molecule has 0 unspecified atom stereocenters. The fourth-order valence-electron chi connectivity index (χ4n) is 3.29. The van der Waals surface area contributed by atoms with Crippen molar-refractivity contribution in [2.24, 2.45) is 0 Å². The van der Waals surface area contributed by atoms with Gasteiger partial charge in [0.15, 0.2) is 0 Å². The lowest BCUT2D eigenvalue weighted by molar-refractivity contribution is 0.0717. The molecule has 2 aromatic carbocycles. The van der Waals surface area contributed by atoms with Crippen LogP contribution < -0.4 is 5.56 Å². The van der Waals surface area contributed by atoms with Gasteiger partial charge in [0.25, 0.3) is 11.5 Å². The predicted molar refractivity (Wildman–Crippen MR) is 113 cm³/mol. The summed E-state index contributed by atoms with van der Waals surface area (Å²) in [6.45, 7) is 2.35. The lowest BCUT2D eigenvalue weighted by atomic mass is 10.1. The number of hydrogen-bond donors (Lipinski definition) is 1. The SMILES string of the molecule is Cc1ccc2[nH]c(=O)c(CN(Cc3ccco3)C(=O)c3ccccc3Cl)cc2c1. The quantitative estimate of drug-likeness (QED) is 0.511. The number of halogens is 1. The van der Waals surface area contributed by atoms with Crippen molar-refractivity contribution in [3.63, 3.8) is 0 Å². The normalized spacial score (nSPS) is 11.0. The van der Waals surface area contributed by atoms with Crippen molar-refractivity contribution in [3.8, 4) is 0 Å². The molecule has 0 bridgehead atoms. The van der Waals surface area contributed by atoms with E-state index in [1.165, 1.54) is 0 Å². The Bertz CT molecular complexity index is 1230. The van der Waals surface area contributed by atoms with Crippen LogP contribution in [0.15, 0.2) is 76.1 Å². The molecule has 0 atom stereocenters. The Kier molecular flexibility index (Phi) is 5.23. The zero-order valence-electron chi connectivity index (χ0n) is 15.8. The monoisotopic (exact) mass is 406 g/mol. The van der Waals surface area contributed by atoms with E-state index in [0.29, 0.717) is 21.9 Å². The number of aromatic nitrogens is 1. The number of rotatable bonds is 5. The maximum absolute atomic E-state index is 13.2. The minimum Gasteiger partial charge on any atom is -0.467 e. The largest absolute Gasteiger partial charge is 0.467 e. The summed E-state index contributed by atoms with van der Waals surface area (Å²) < 4.78 is 5.42. The first-order valence-electron chi connectivity index (χ1n) is 9.20. The van der Waals surface area contributed by atoms with Crippen molar-refractivity contribution < 1.29 is 9.21 Å². The minimum absolute atomic E-state index is 0.129. The fourth-order valence-corrected chi connectivity index (χ4v) is 3.51. The van der Waals surface area contributed by atoms with Gasteiger partial charge < -0.3 is 14.3 Å². The van der Waals surface area contributed by atoms with Crippen molar-refractivity contribution >= 4 is 28.4 Å². The lowest BCUT2D eigenvalue weighted by Gasteiger charge is -2.22. The minimum atomic E-state index is -0.268. The molecule has 0 spiro atoms. The number of furan rings is 1. The van der Waals surface area contributed by atoms with E-state index < -0.39 is 0 Å². The summed E-state index contributed by atoms with van der Waals surface area (Å²) >= 11 is 6.24. The van der Waals surface area contributed by atoms with Crippen LogP contribution in [0.2, 0.25) is 5.02 Å². The number of carbonyl (C=O) groups is 1. The Hall–Kier alpha value is -3.31. The van der Waals surface area contributed by atoms with Crippen LogP contribution in [0.5, 0.6) is 0 Å². The smallest absolute Gasteiger partial charge is 0.256 e. The Balaban J connectivity index is 1.73. The summed E-state index contributed by atoms with van der Waals surface area (Å²) in [4.78, 5) is 30.3. The van der Waals surface area contributed by atoms with Gasteiger partial charge in [-0.1, -0.05) is 35.4 Å². The van der Waals surface area contributed by atoms with E-state index in [-0.39, 0.29) is 24.6 Å². The van der Waals surface area contributed by atoms with Gasteiger partial charge in [-0.2, -0.15) is 0 Å². The first-order valence-corrected chi connectivity index (χ1v) is 9.58. The molecule has 0 aliphatic carbocycles. The van der Waals surface area contributed by atoms with Crippen molar-refractivity contribution in [2.75, 3.05) is 0 Å². The third kappa shape index (κ3) is 4.10. The van der Waals surface area contributed by atoms with Gasteiger partial charge in [0.2, 0.25) is 0 Å². The summed E-state index contributed by atoms with van der Waals surface area (Å²) in [5, 5.41) is 1.28. The molecule has 0 radical (unpaired) electrons. The summed E-state index contributed by atoms with van der Waals surface area (Å²) in [5.41, 5.74) is 2.51. The molecule has 5 nitrogen and oxygen atoms in total. The highest BCUT2D eigenvalue weighted by atomic mass is 35.5. The van der Waals surface area contributed by atoms with E-state index in [2.05, 4.69) is 4.98 Å². The maximum atomic E-state index is 13.2. The van der Waals surface area contributed by atoms with Crippen LogP contribution in [-0.2, 0) is 13.1 Å². The second-order valence-corrected chi connectivity index (χ2v) is 7.34. The molecule has 0 saturated carbocycles. The van der Waals surface area contributed by atoms with Crippen LogP contribution in [-0.4, -0.2) is 15.8 Å². The van der Waals surface area contributed by atoms with Gasteiger partial charge in [-0.15, -0.1) is 0 Å². The van der Waals surface area contributed by atoms with Gasteiger partial charge >= 0.3 is 0 Å². The number of H-pyrrole nitrogens is 1. The first-order chi connectivity index (χ1) is 14.0. The van der Waals surface area contributed by atoms with Gasteiger partial charge in [-0.05, 0) is 54.8 Å². The highest BCUT2D eigenvalue weighted by molar-refractivity contribution is 6.33. The molecule has 6 heteroatoms. The van der Waals surface area contributed by atoms with Crippen LogP contribution in [0, 0.1) is 6.92 Å². The molecule has 2 aromatic heterocycles. The van der Waals surface area contributed by atoms with Crippen LogP contribution in [0.25, 0.3) is 10.9 Å². The fraction of sp³-hybridized carbons (Fsp3) is 0.130. The zero-order chi connectivity index (χ0) is 20.4. The molecule has 4 rings (SSSR count). The number of nitrogens with one attached hydrogen (secondary N) is 1. The van der Waals surface area contributed by atoms with Gasteiger partial charge in [0.1, 0.15) is 5.76 Å².